The van der Waals surface area contributed by atoms with Crippen molar-refractivity contribution in [1.82, 2.24) is 9.99 Å². The molecular weight excluding hydrogens is 564 g/mol. The van der Waals surface area contributed by atoms with Gasteiger partial charge < -0.3 is 18.8 Å². The molecule has 0 fully saturated rings. The summed E-state index contributed by atoms with van der Waals surface area (Å²) in [6.07, 6.45) is 1.42. The maximum Gasteiger partial charge on any atom is 0.269 e. The van der Waals surface area contributed by atoms with Gasteiger partial charge in [-0.2, -0.15) is 10.4 Å². The number of halogens is 2. The van der Waals surface area contributed by atoms with E-state index in [4.69, 9.17) is 25.8 Å². The van der Waals surface area contributed by atoms with E-state index in [0.29, 0.717) is 37.8 Å². The van der Waals surface area contributed by atoms with Gasteiger partial charge in [0.2, 0.25) is 0 Å². The van der Waals surface area contributed by atoms with Crippen LogP contribution in [0.1, 0.15) is 27.9 Å². The summed E-state index contributed by atoms with van der Waals surface area (Å²) >= 11 is 9.35. The summed E-state index contributed by atoms with van der Waals surface area (Å²) < 4.78 is 18.2. The average Bonchev–Trinajstić information content (AvgIpc) is 2.90. The van der Waals surface area contributed by atoms with Crippen LogP contribution in [0.5, 0.6) is 11.5 Å². The van der Waals surface area contributed by atoms with Crippen molar-refractivity contribution in [3.63, 3.8) is 0 Å². The molecule has 3 aromatic rings. The van der Waals surface area contributed by atoms with Gasteiger partial charge in [-0.1, -0.05) is 29.8 Å². The standard InChI is InChI=1S/C26H24BrClN4O5/c1-16-24(27)21(15-35-2)20(11-29)26(34)32(16)13-23(33)31-30-12-18-5-4-6-22(36-3)25(18)37-14-17-7-9-19(28)10-8-17/h4-10,12H,13-15H2,1-3H3,(H,31,33)/b30-12-. The Bertz CT molecular complexity index is 1410. The molecule has 0 unspecified atom stereocenters. The molecule has 11 heteroatoms. The number of nitrogens with zero attached hydrogens (tertiary/aromatic N) is 3. The van der Waals surface area contributed by atoms with Crippen molar-refractivity contribution in [2.75, 3.05) is 14.2 Å². The molecule has 0 atom stereocenters. The zero-order chi connectivity index (χ0) is 26.9. The number of hydrazone groups is 1. The average molecular weight is 588 g/mol. The van der Waals surface area contributed by atoms with Gasteiger partial charge in [-0.15, -0.1) is 0 Å². The van der Waals surface area contributed by atoms with Crippen LogP contribution in [0.4, 0.5) is 0 Å². The van der Waals surface area contributed by atoms with Crippen LogP contribution in [-0.4, -0.2) is 30.9 Å². The zero-order valence-corrected chi connectivity index (χ0v) is 22.7. The third kappa shape index (κ3) is 6.77. The van der Waals surface area contributed by atoms with Crippen molar-refractivity contribution in [2.45, 2.75) is 26.7 Å². The van der Waals surface area contributed by atoms with Crippen molar-refractivity contribution in [2.24, 2.45) is 5.10 Å². The summed E-state index contributed by atoms with van der Waals surface area (Å²) in [5, 5.41) is 14.1. The van der Waals surface area contributed by atoms with Gasteiger partial charge in [0.1, 0.15) is 24.8 Å². The minimum atomic E-state index is -0.583. The van der Waals surface area contributed by atoms with Crippen LogP contribution in [0.15, 0.2) is 56.8 Å². The molecule has 1 heterocycles. The van der Waals surface area contributed by atoms with Crippen molar-refractivity contribution in [1.29, 1.82) is 5.26 Å². The minimum Gasteiger partial charge on any atom is -0.493 e. The predicted octanol–water partition coefficient (Wildman–Crippen LogP) is 4.33. The number of benzene rings is 2. The normalized spacial score (nSPS) is 10.8. The molecule has 9 nitrogen and oxygen atoms in total. The Kier molecular flexibility index (Phi) is 9.85. The number of amides is 1. The van der Waals surface area contributed by atoms with Crippen LogP contribution in [0.2, 0.25) is 5.02 Å². The van der Waals surface area contributed by atoms with E-state index in [0.717, 1.165) is 5.56 Å². The first-order valence-corrected chi connectivity index (χ1v) is 12.1. The third-order valence-electron chi connectivity index (χ3n) is 5.37. The Hall–Kier alpha value is -3.65. The van der Waals surface area contributed by atoms with Crippen LogP contribution in [-0.2, 0) is 29.3 Å². The molecule has 2 aromatic carbocycles. The largest absolute Gasteiger partial charge is 0.493 e. The third-order valence-corrected chi connectivity index (χ3v) is 6.67. The molecule has 0 radical (unpaired) electrons. The van der Waals surface area contributed by atoms with Gasteiger partial charge in [-0.3, -0.25) is 9.59 Å². The molecule has 0 saturated carbocycles. The van der Waals surface area contributed by atoms with Crippen molar-refractivity contribution >= 4 is 39.7 Å². The Labute approximate surface area is 227 Å². The maximum absolute atomic E-state index is 12.8. The number of ether oxygens (including phenoxy) is 3. The fourth-order valence-corrected chi connectivity index (χ4v) is 4.14. The number of para-hydroxylation sites is 1. The summed E-state index contributed by atoms with van der Waals surface area (Å²) in [7, 11) is 3.00. The molecular formula is C26H24BrClN4O5. The van der Waals surface area contributed by atoms with E-state index in [9.17, 15) is 14.9 Å². The van der Waals surface area contributed by atoms with Crippen LogP contribution in [0.25, 0.3) is 0 Å². The van der Waals surface area contributed by atoms with E-state index in [2.05, 4.69) is 26.5 Å². The number of carbonyl (C=O) groups is 1. The number of pyridine rings is 1. The molecule has 192 valence electrons. The molecule has 1 amide bonds. The van der Waals surface area contributed by atoms with Crippen LogP contribution < -0.4 is 20.5 Å². The van der Waals surface area contributed by atoms with Crippen molar-refractivity contribution in [3.05, 3.63) is 90.3 Å². The lowest BCUT2D eigenvalue weighted by molar-refractivity contribution is -0.121. The number of nitriles is 1. The molecule has 0 aliphatic heterocycles. The van der Waals surface area contributed by atoms with Gasteiger partial charge in [0.15, 0.2) is 11.5 Å². The second-order valence-corrected chi connectivity index (χ2v) is 9.01. The first-order valence-electron chi connectivity index (χ1n) is 11.0. The topological polar surface area (TPSA) is 115 Å². The SMILES string of the molecule is COCc1c(Br)c(C)n(CC(=O)N/N=C\c2cccc(OC)c2OCc2ccc(Cl)cc2)c(=O)c1C#N. The molecule has 1 aromatic heterocycles. The van der Waals surface area contributed by atoms with Gasteiger partial charge in [0.05, 0.1) is 19.9 Å². The fraction of sp³-hybridized carbons (Fsp3) is 0.231. The highest BCUT2D eigenvalue weighted by molar-refractivity contribution is 9.10. The van der Waals surface area contributed by atoms with Gasteiger partial charge in [-0.05, 0) is 52.7 Å². The lowest BCUT2D eigenvalue weighted by atomic mass is 10.1. The van der Waals surface area contributed by atoms with E-state index in [1.54, 1.807) is 37.3 Å². The zero-order valence-electron chi connectivity index (χ0n) is 20.4. The number of aromatic nitrogens is 1. The number of hydrogen-bond donors (Lipinski definition) is 1. The molecule has 0 bridgehead atoms. The van der Waals surface area contributed by atoms with Crippen molar-refractivity contribution < 1.29 is 19.0 Å². The molecule has 0 aliphatic rings. The van der Waals surface area contributed by atoms with Crippen LogP contribution in [0.3, 0.4) is 0 Å². The first-order chi connectivity index (χ1) is 17.8. The van der Waals surface area contributed by atoms with Crippen molar-refractivity contribution in [3.8, 4) is 17.6 Å². The summed E-state index contributed by atoms with van der Waals surface area (Å²) in [6.45, 7) is 1.69. The lowest BCUT2D eigenvalue weighted by Gasteiger charge is -2.15. The van der Waals surface area contributed by atoms with E-state index in [1.165, 1.54) is 25.0 Å². The molecule has 0 saturated heterocycles. The number of carbonyl (C=O) groups excluding carboxylic acids is 1. The van der Waals surface area contributed by atoms with Gasteiger partial charge in [0, 0.05) is 33.4 Å². The van der Waals surface area contributed by atoms with Crippen LogP contribution >= 0.6 is 27.5 Å². The van der Waals surface area contributed by atoms with E-state index in [-0.39, 0.29) is 25.3 Å². The summed E-state index contributed by atoms with van der Waals surface area (Å²) in [4.78, 5) is 25.4. The molecule has 0 spiro atoms. The second-order valence-electron chi connectivity index (χ2n) is 7.78. The molecule has 1 N–H and O–H groups in total. The maximum atomic E-state index is 12.8. The summed E-state index contributed by atoms with van der Waals surface area (Å²) in [5.74, 6) is 0.390. The highest BCUT2D eigenvalue weighted by Gasteiger charge is 2.19. The number of nitrogens with one attached hydrogen (secondary N) is 1. The van der Waals surface area contributed by atoms with Gasteiger partial charge >= 0.3 is 0 Å². The Morgan fingerprint density at radius 1 is 1.22 bits per heavy atom. The Balaban J connectivity index is 1.77. The monoisotopic (exact) mass is 586 g/mol. The van der Waals surface area contributed by atoms with E-state index in [1.807, 2.05) is 18.2 Å². The quantitative estimate of drug-likeness (QED) is 0.279. The van der Waals surface area contributed by atoms with Gasteiger partial charge in [0.25, 0.3) is 11.5 Å². The molecule has 0 aliphatic carbocycles. The molecule has 3 rings (SSSR count). The predicted molar refractivity (Wildman–Crippen MR) is 143 cm³/mol. The van der Waals surface area contributed by atoms with E-state index < -0.39 is 11.5 Å². The number of rotatable bonds is 10. The number of hydrogen-bond acceptors (Lipinski definition) is 7. The Morgan fingerprint density at radius 2 is 1.95 bits per heavy atom. The fourth-order valence-electron chi connectivity index (χ4n) is 3.49. The number of methoxy groups -OCH3 is 2. The second kappa shape index (κ2) is 13.1. The summed E-state index contributed by atoms with van der Waals surface area (Å²) in [5.41, 5.74) is 4.14. The molecule has 37 heavy (non-hydrogen) atoms. The van der Waals surface area contributed by atoms with Gasteiger partial charge in [-0.25, -0.2) is 5.43 Å². The summed E-state index contributed by atoms with van der Waals surface area (Å²) in [6, 6.07) is 14.4. The lowest BCUT2D eigenvalue weighted by Crippen LogP contribution is -2.33. The van der Waals surface area contributed by atoms with Crippen LogP contribution in [0, 0.1) is 18.3 Å². The Morgan fingerprint density at radius 3 is 2.59 bits per heavy atom. The highest BCUT2D eigenvalue weighted by atomic mass is 79.9. The highest BCUT2D eigenvalue weighted by Crippen LogP contribution is 2.31. The van der Waals surface area contributed by atoms with E-state index >= 15 is 0 Å². The smallest absolute Gasteiger partial charge is 0.269 e. The minimum absolute atomic E-state index is 0.0832. The first kappa shape index (κ1) is 27.9.